The molecule has 0 unspecified atom stereocenters. The van der Waals surface area contributed by atoms with Crippen LogP contribution in [0.15, 0.2) is 24.5 Å². The predicted molar refractivity (Wildman–Crippen MR) is 67.4 cm³/mol. The van der Waals surface area contributed by atoms with Crippen molar-refractivity contribution in [2.45, 2.75) is 12.8 Å². The number of piperidine rings is 1. The third-order valence-electron chi connectivity index (χ3n) is 2.81. The molecule has 0 saturated carbocycles. The number of aromatic nitrogens is 1. The van der Waals surface area contributed by atoms with Gasteiger partial charge in [0.05, 0.1) is 12.2 Å². The Morgan fingerprint density at radius 1 is 1.47 bits per heavy atom. The number of halogens is 1. The summed E-state index contributed by atoms with van der Waals surface area (Å²) in [5.74, 6) is 0.230. The van der Waals surface area contributed by atoms with Crippen LogP contribution in [0.25, 0.3) is 0 Å². The highest BCUT2D eigenvalue weighted by molar-refractivity contribution is 5.88. The monoisotopic (exact) mass is 256 g/mol. The number of nitrogens with one attached hydrogen (secondary N) is 1. The summed E-state index contributed by atoms with van der Waals surface area (Å²) in [4.78, 5) is 15.5. The van der Waals surface area contributed by atoms with Crippen molar-refractivity contribution in [1.29, 1.82) is 0 Å². The number of pyridine rings is 1. The van der Waals surface area contributed by atoms with E-state index in [0.29, 0.717) is 18.1 Å². The van der Waals surface area contributed by atoms with Crippen LogP contribution in [0.3, 0.4) is 0 Å². The highest BCUT2D eigenvalue weighted by Crippen LogP contribution is 2.12. The fraction of sp³-hybridized carbons (Fsp3) is 0.500. The van der Waals surface area contributed by atoms with E-state index in [1.54, 1.807) is 18.3 Å². The minimum absolute atomic E-state index is 0. The summed E-state index contributed by atoms with van der Waals surface area (Å²) in [6.07, 6.45) is 5.34. The van der Waals surface area contributed by atoms with E-state index >= 15 is 0 Å². The average molecular weight is 257 g/mol. The molecule has 1 saturated heterocycles. The van der Waals surface area contributed by atoms with E-state index < -0.39 is 0 Å². The number of carbonyl (C=O) groups excluding carboxylic acids is 1. The molecule has 1 N–H and O–H groups in total. The Bertz CT molecular complexity index is 340. The number of rotatable bonds is 3. The van der Waals surface area contributed by atoms with Crippen LogP contribution in [0, 0.1) is 5.92 Å². The van der Waals surface area contributed by atoms with Crippen molar-refractivity contribution in [3.8, 4) is 0 Å². The van der Waals surface area contributed by atoms with Crippen molar-refractivity contribution in [2.24, 2.45) is 5.92 Å². The van der Waals surface area contributed by atoms with Crippen LogP contribution in [-0.2, 0) is 4.74 Å². The molecule has 0 spiro atoms. The third kappa shape index (κ3) is 4.32. The van der Waals surface area contributed by atoms with Gasteiger partial charge in [-0.25, -0.2) is 4.79 Å². The molecule has 0 bridgehead atoms. The van der Waals surface area contributed by atoms with Gasteiger partial charge in [0.15, 0.2) is 0 Å². The molecular formula is C12H17ClN2O2. The lowest BCUT2D eigenvalue weighted by molar-refractivity contribution is 0.0415. The fourth-order valence-electron chi connectivity index (χ4n) is 1.81. The summed E-state index contributed by atoms with van der Waals surface area (Å²) in [5, 5.41) is 3.28. The normalized spacial score (nSPS) is 16.0. The second kappa shape index (κ2) is 7.25. The van der Waals surface area contributed by atoms with E-state index in [4.69, 9.17) is 4.74 Å². The third-order valence-corrected chi connectivity index (χ3v) is 2.81. The maximum absolute atomic E-state index is 11.6. The highest BCUT2D eigenvalue weighted by atomic mass is 35.5. The molecule has 17 heavy (non-hydrogen) atoms. The van der Waals surface area contributed by atoms with Gasteiger partial charge in [0, 0.05) is 12.4 Å². The molecule has 4 nitrogen and oxygen atoms in total. The van der Waals surface area contributed by atoms with Gasteiger partial charge in [-0.15, -0.1) is 12.4 Å². The molecular weight excluding hydrogens is 240 g/mol. The lowest BCUT2D eigenvalue weighted by Crippen LogP contribution is -2.30. The number of carbonyl (C=O) groups is 1. The lowest BCUT2D eigenvalue weighted by atomic mass is 9.99. The molecule has 2 rings (SSSR count). The Morgan fingerprint density at radius 3 is 2.88 bits per heavy atom. The van der Waals surface area contributed by atoms with Crippen molar-refractivity contribution < 1.29 is 9.53 Å². The van der Waals surface area contributed by atoms with Crippen molar-refractivity contribution in [3.05, 3.63) is 30.1 Å². The van der Waals surface area contributed by atoms with E-state index in [9.17, 15) is 4.79 Å². The lowest BCUT2D eigenvalue weighted by Gasteiger charge is -2.21. The topological polar surface area (TPSA) is 51.2 Å². The van der Waals surface area contributed by atoms with Crippen LogP contribution in [0.2, 0.25) is 0 Å². The number of hydrogen-bond acceptors (Lipinski definition) is 4. The summed E-state index contributed by atoms with van der Waals surface area (Å²) in [5.41, 5.74) is 0.524. The predicted octanol–water partition coefficient (Wildman–Crippen LogP) is 1.66. The summed E-state index contributed by atoms with van der Waals surface area (Å²) in [6.45, 7) is 2.57. The van der Waals surface area contributed by atoms with Gasteiger partial charge in [0.1, 0.15) is 0 Å². The minimum Gasteiger partial charge on any atom is -0.462 e. The minimum atomic E-state index is -0.272. The van der Waals surface area contributed by atoms with Gasteiger partial charge < -0.3 is 10.1 Å². The highest BCUT2D eigenvalue weighted by Gasteiger charge is 2.15. The van der Waals surface area contributed by atoms with Crippen molar-refractivity contribution >= 4 is 18.4 Å². The van der Waals surface area contributed by atoms with Crippen LogP contribution in [-0.4, -0.2) is 30.6 Å². The molecule has 0 aliphatic carbocycles. The van der Waals surface area contributed by atoms with Crippen molar-refractivity contribution in [2.75, 3.05) is 19.7 Å². The number of ether oxygens (including phenoxy) is 1. The van der Waals surface area contributed by atoms with Gasteiger partial charge >= 0.3 is 5.97 Å². The standard InChI is InChI=1S/C12H16N2O2.ClH/c15-12(11-2-1-5-14-8-11)16-9-10-3-6-13-7-4-10;/h1-2,5,8,10,13H,3-4,6-7,9H2;1H. The van der Waals surface area contributed by atoms with E-state index in [0.717, 1.165) is 25.9 Å². The van der Waals surface area contributed by atoms with Gasteiger partial charge in [-0.05, 0) is 44.0 Å². The van der Waals surface area contributed by atoms with Gasteiger partial charge in [0.25, 0.3) is 0 Å². The Labute approximate surface area is 107 Å². The molecule has 0 radical (unpaired) electrons. The molecule has 1 aromatic rings. The van der Waals surface area contributed by atoms with Crippen LogP contribution >= 0.6 is 12.4 Å². The largest absolute Gasteiger partial charge is 0.462 e. The first-order valence-corrected chi connectivity index (χ1v) is 5.64. The van der Waals surface area contributed by atoms with Gasteiger partial charge in [-0.1, -0.05) is 0 Å². The summed E-state index contributed by atoms with van der Waals surface area (Å²) < 4.78 is 5.26. The molecule has 5 heteroatoms. The van der Waals surface area contributed by atoms with Gasteiger partial charge in [-0.2, -0.15) is 0 Å². The maximum Gasteiger partial charge on any atom is 0.339 e. The Hall–Kier alpha value is -1.13. The van der Waals surface area contributed by atoms with Crippen LogP contribution in [0.5, 0.6) is 0 Å². The summed E-state index contributed by atoms with van der Waals surface area (Å²) >= 11 is 0. The second-order valence-corrected chi connectivity index (χ2v) is 4.03. The van der Waals surface area contributed by atoms with Crippen molar-refractivity contribution in [3.63, 3.8) is 0 Å². The summed E-state index contributed by atoms with van der Waals surface area (Å²) in [6, 6.07) is 3.46. The first kappa shape index (κ1) is 13.9. The molecule has 94 valence electrons. The number of hydrogen-bond donors (Lipinski definition) is 1. The molecule has 0 amide bonds. The first-order valence-electron chi connectivity index (χ1n) is 5.64. The molecule has 0 aromatic carbocycles. The SMILES string of the molecule is Cl.O=C(OCC1CCNCC1)c1cccnc1. The summed E-state index contributed by atoms with van der Waals surface area (Å²) in [7, 11) is 0. The zero-order chi connectivity index (χ0) is 11.2. The molecule has 0 atom stereocenters. The first-order chi connectivity index (χ1) is 7.86. The van der Waals surface area contributed by atoms with Crippen molar-refractivity contribution in [1.82, 2.24) is 10.3 Å². The molecule has 1 aliphatic heterocycles. The Balaban J connectivity index is 0.00000144. The van der Waals surface area contributed by atoms with E-state index in [1.807, 2.05) is 0 Å². The average Bonchev–Trinajstić information content (AvgIpc) is 2.38. The maximum atomic E-state index is 11.6. The zero-order valence-corrected chi connectivity index (χ0v) is 10.4. The molecule has 1 fully saturated rings. The Morgan fingerprint density at radius 2 is 2.24 bits per heavy atom. The molecule has 1 aliphatic rings. The number of nitrogens with zero attached hydrogens (tertiary/aromatic N) is 1. The van der Waals surface area contributed by atoms with E-state index in [1.165, 1.54) is 6.20 Å². The van der Waals surface area contributed by atoms with Crippen LogP contribution < -0.4 is 5.32 Å². The van der Waals surface area contributed by atoms with Crippen LogP contribution in [0.1, 0.15) is 23.2 Å². The quantitative estimate of drug-likeness (QED) is 0.836. The van der Waals surface area contributed by atoms with Crippen LogP contribution in [0.4, 0.5) is 0 Å². The number of esters is 1. The smallest absolute Gasteiger partial charge is 0.339 e. The fourth-order valence-corrected chi connectivity index (χ4v) is 1.81. The Kier molecular flexibility index (Phi) is 5.94. The van der Waals surface area contributed by atoms with E-state index in [-0.39, 0.29) is 18.4 Å². The molecule has 2 heterocycles. The second-order valence-electron chi connectivity index (χ2n) is 4.03. The van der Waals surface area contributed by atoms with E-state index in [2.05, 4.69) is 10.3 Å². The van der Waals surface area contributed by atoms with Gasteiger partial charge in [0.2, 0.25) is 0 Å². The zero-order valence-electron chi connectivity index (χ0n) is 9.59. The molecule has 1 aromatic heterocycles. The van der Waals surface area contributed by atoms with Gasteiger partial charge in [-0.3, -0.25) is 4.98 Å².